The first-order chi connectivity index (χ1) is 8.69. The lowest BCUT2D eigenvalue weighted by molar-refractivity contribution is 0.103. The minimum absolute atomic E-state index is 0.131. The number of hydrogen-bond donors (Lipinski definition) is 2. The molecule has 1 heterocycles. The summed E-state index contributed by atoms with van der Waals surface area (Å²) < 4.78 is 5.38. The van der Waals surface area contributed by atoms with Gasteiger partial charge in [-0.1, -0.05) is 6.07 Å². The minimum Gasteiger partial charge on any atom is -0.494 e. The van der Waals surface area contributed by atoms with Crippen molar-refractivity contribution in [3.05, 3.63) is 40.6 Å². The van der Waals surface area contributed by atoms with Crippen LogP contribution in [0.3, 0.4) is 0 Å². The third kappa shape index (κ3) is 3.27. The number of benzene rings is 1. The van der Waals surface area contributed by atoms with E-state index < -0.39 is 0 Å². The largest absolute Gasteiger partial charge is 0.494 e. The van der Waals surface area contributed by atoms with E-state index in [4.69, 9.17) is 4.74 Å². The molecule has 0 atom stereocenters. The van der Waals surface area contributed by atoms with Crippen molar-refractivity contribution in [2.24, 2.45) is 0 Å². The first-order valence-corrected chi connectivity index (χ1v) is 6.83. The summed E-state index contributed by atoms with van der Waals surface area (Å²) in [6.07, 6.45) is 0. The number of hydrogen-bond acceptors (Lipinski definition) is 4. The molecule has 1 amide bonds. The van der Waals surface area contributed by atoms with Crippen molar-refractivity contribution in [3.8, 4) is 5.75 Å². The van der Waals surface area contributed by atoms with Crippen molar-refractivity contribution in [1.29, 1.82) is 0 Å². The third-order valence-electron chi connectivity index (χ3n) is 2.21. The molecule has 0 bridgehead atoms. The van der Waals surface area contributed by atoms with Gasteiger partial charge in [-0.25, -0.2) is 0 Å². The molecule has 1 aromatic heterocycles. The Balaban J connectivity index is 2.09. The fraction of sp³-hybridized carbons (Fsp3) is 0.154. The van der Waals surface area contributed by atoms with E-state index in [2.05, 4.69) is 17.9 Å². The number of rotatable bonds is 4. The van der Waals surface area contributed by atoms with Crippen LogP contribution in [-0.4, -0.2) is 12.5 Å². The van der Waals surface area contributed by atoms with Crippen LogP contribution in [0, 0.1) is 0 Å². The number of nitrogens with one attached hydrogen (secondary N) is 1. The topological polar surface area (TPSA) is 38.3 Å². The second kappa shape index (κ2) is 5.93. The Bertz CT molecular complexity index is 551. The highest BCUT2D eigenvalue weighted by atomic mass is 32.1. The van der Waals surface area contributed by atoms with Crippen LogP contribution in [0.5, 0.6) is 5.75 Å². The maximum atomic E-state index is 11.9. The summed E-state index contributed by atoms with van der Waals surface area (Å²) in [7, 11) is 0. The molecule has 2 aromatic rings. The van der Waals surface area contributed by atoms with Crippen LogP contribution >= 0.6 is 24.0 Å². The van der Waals surface area contributed by atoms with Gasteiger partial charge in [0.15, 0.2) is 0 Å². The van der Waals surface area contributed by atoms with Crippen molar-refractivity contribution in [1.82, 2.24) is 0 Å². The van der Waals surface area contributed by atoms with E-state index >= 15 is 0 Å². The predicted octanol–water partition coefficient (Wildman–Crippen LogP) is 3.69. The van der Waals surface area contributed by atoms with Crippen LogP contribution in [0.25, 0.3) is 0 Å². The molecule has 0 aliphatic heterocycles. The van der Waals surface area contributed by atoms with Crippen molar-refractivity contribution < 1.29 is 9.53 Å². The summed E-state index contributed by atoms with van der Waals surface area (Å²) in [6, 6.07) is 9.08. The molecule has 3 nitrogen and oxygen atoms in total. The minimum atomic E-state index is -0.131. The zero-order valence-electron chi connectivity index (χ0n) is 9.84. The number of thiophene rings is 1. The number of thiol groups is 1. The van der Waals surface area contributed by atoms with Crippen LogP contribution in [0.4, 0.5) is 5.69 Å². The summed E-state index contributed by atoms with van der Waals surface area (Å²) in [5.41, 5.74) is 0.722. The highest BCUT2D eigenvalue weighted by Gasteiger charge is 2.08. The highest BCUT2D eigenvalue weighted by Crippen LogP contribution is 2.21. The number of ether oxygens (including phenoxy) is 1. The molecule has 94 valence electrons. The molecule has 0 fully saturated rings. The quantitative estimate of drug-likeness (QED) is 0.838. The Kier molecular flexibility index (Phi) is 4.28. The monoisotopic (exact) mass is 279 g/mol. The summed E-state index contributed by atoms with van der Waals surface area (Å²) in [5.74, 6) is 0.616. The maximum Gasteiger partial charge on any atom is 0.265 e. The van der Waals surface area contributed by atoms with Gasteiger partial charge in [-0.15, -0.1) is 24.0 Å². The fourth-order valence-electron chi connectivity index (χ4n) is 1.47. The Morgan fingerprint density at radius 1 is 1.44 bits per heavy atom. The molecule has 0 saturated heterocycles. The zero-order chi connectivity index (χ0) is 13.0. The lowest BCUT2D eigenvalue weighted by Crippen LogP contribution is -2.10. The van der Waals surface area contributed by atoms with E-state index in [1.54, 1.807) is 12.1 Å². The van der Waals surface area contributed by atoms with Crippen LogP contribution in [-0.2, 0) is 0 Å². The fourth-order valence-corrected chi connectivity index (χ4v) is 2.51. The molecule has 5 heteroatoms. The van der Waals surface area contributed by atoms with E-state index in [1.165, 1.54) is 11.3 Å². The molecular formula is C13H13NO2S2. The van der Waals surface area contributed by atoms with Crippen molar-refractivity contribution in [2.45, 2.75) is 11.8 Å². The molecule has 0 saturated carbocycles. The molecule has 0 aliphatic carbocycles. The van der Waals surface area contributed by atoms with Crippen LogP contribution in [0.1, 0.15) is 16.6 Å². The summed E-state index contributed by atoms with van der Waals surface area (Å²) in [6.45, 7) is 2.52. The van der Waals surface area contributed by atoms with Crippen molar-refractivity contribution in [2.75, 3.05) is 11.9 Å². The zero-order valence-corrected chi connectivity index (χ0v) is 11.6. The molecule has 0 radical (unpaired) electrons. The SMILES string of the molecule is CCOc1cccc(NC(=O)c2cc(S)cs2)c1. The van der Waals surface area contributed by atoms with Crippen LogP contribution in [0.15, 0.2) is 40.6 Å². The Hall–Kier alpha value is -1.46. The maximum absolute atomic E-state index is 11.9. The highest BCUT2D eigenvalue weighted by molar-refractivity contribution is 7.80. The van der Waals surface area contributed by atoms with Gasteiger partial charge < -0.3 is 10.1 Å². The number of amides is 1. The summed E-state index contributed by atoms with van der Waals surface area (Å²) in [4.78, 5) is 13.4. The number of carbonyl (C=O) groups is 1. The smallest absolute Gasteiger partial charge is 0.265 e. The average molecular weight is 279 g/mol. The average Bonchev–Trinajstić information content (AvgIpc) is 2.77. The third-order valence-corrected chi connectivity index (χ3v) is 3.57. The predicted molar refractivity (Wildman–Crippen MR) is 77.1 cm³/mol. The molecule has 0 aliphatic rings. The van der Waals surface area contributed by atoms with Gasteiger partial charge in [0.25, 0.3) is 5.91 Å². The standard InChI is InChI=1S/C13H13NO2S2/c1-2-16-10-5-3-4-9(6-10)14-13(15)12-7-11(17)8-18-12/h3-8,17H,2H2,1H3,(H,14,15). The number of carbonyl (C=O) groups excluding carboxylic acids is 1. The van der Waals surface area contributed by atoms with Gasteiger partial charge >= 0.3 is 0 Å². The molecule has 0 spiro atoms. The van der Waals surface area contributed by atoms with Gasteiger partial charge in [-0.05, 0) is 25.1 Å². The Labute approximate surface area is 115 Å². The summed E-state index contributed by atoms with van der Waals surface area (Å²) >= 11 is 5.55. The molecule has 18 heavy (non-hydrogen) atoms. The van der Waals surface area contributed by atoms with E-state index in [0.717, 1.165) is 16.3 Å². The molecule has 0 unspecified atom stereocenters. The lowest BCUT2D eigenvalue weighted by Gasteiger charge is -2.06. The van der Waals surface area contributed by atoms with E-state index in [1.807, 2.05) is 30.5 Å². The van der Waals surface area contributed by atoms with Crippen LogP contribution < -0.4 is 10.1 Å². The van der Waals surface area contributed by atoms with E-state index in [9.17, 15) is 4.79 Å². The van der Waals surface area contributed by atoms with Crippen molar-refractivity contribution in [3.63, 3.8) is 0 Å². The second-order valence-corrected chi connectivity index (χ2v) is 5.01. The lowest BCUT2D eigenvalue weighted by atomic mass is 10.3. The van der Waals surface area contributed by atoms with E-state index in [0.29, 0.717) is 11.5 Å². The second-order valence-electron chi connectivity index (χ2n) is 3.58. The van der Waals surface area contributed by atoms with Gasteiger partial charge in [-0.3, -0.25) is 4.79 Å². The Morgan fingerprint density at radius 2 is 2.28 bits per heavy atom. The Morgan fingerprint density at radius 3 is 2.94 bits per heavy atom. The van der Waals surface area contributed by atoms with E-state index in [-0.39, 0.29) is 5.91 Å². The normalized spacial score (nSPS) is 10.1. The first-order valence-electron chi connectivity index (χ1n) is 5.50. The molecule has 1 N–H and O–H groups in total. The van der Waals surface area contributed by atoms with Gasteiger partial charge in [0.2, 0.25) is 0 Å². The van der Waals surface area contributed by atoms with Crippen LogP contribution in [0.2, 0.25) is 0 Å². The number of anilines is 1. The van der Waals surface area contributed by atoms with Gasteiger partial charge in [0.05, 0.1) is 11.5 Å². The van der Waals surface area contributed by atoms with Gasteiger partial charge in [-0.2, -0.15) is 0 Å². The van der Waals surface area contributed by atoms with Crippen molar-refractivity contribution >= 4 is 35.6 Å². The molecule has 2 rings (SSSR count). The molecule has 1 aromatic carbocycles. The van der Waals surface area contributed by atoms with Gasteiger partial charge in [0.1, 0.15) is 5.75 Å². The van der Waals surface area contributed by atoms with Gasteiger partial charge in [0, 0.05) is 22.0 Å². The molecular weight excluding hydrogens is 266 g/mol. The summed E-state index contributed by atoms with van der Waals surface area (Å²) in [5, 5.41) is 4.66. The first kappa shape index (κ1) is 13.0.